The molecule has 1 saturated carbocycles. The number of carbonyl (C=O) groups excluding carboxylic acids is 1. The topological polar surface area (TPSA) is 79.3 Å². The van der Waals surface area contributed by atoms with Crippen molar-refractivity contribution in [2.75, 3.05) is 0 Å². The lowest BCUT2D eigenvalue weighted by atomic mass is 10.0. The van der Waals surface area contributed by atoms with Gasteiger partial charge in [-0.2, -0.15) is 0 Å². The van der Waals surface area contributed by atoms with Gasteiger partial charge in [0.2, 0.25) is 0 Å². The Morgan fingerprint density at radius 2 is 2.00 bits per heavy atom. The standard InChI is InChI=1S/C18H19FN2O3/c1-9(2)16(18(23)24)21-17(22)13-8-15(10-3-4-10)20-14-6-5-11(19)7-12(13)14/h5-10,16H,3-4H2,1-2H3,(H,21,22)(H,23,24)/t16-/m0/s1. The summed E-state index contributed by atoms with van der Waals surface area (Å²) in [7, 11) is 0. The van der Waals surface area contributed by atoms with Gasteiger partial charge < -0.3 is 10.4 Å². The summed E-state index contributed by atoms with van der Waals surface area (Å²) in [5.74, 6) is -2.01. The zero-order chi connectivity index (χ0) is 17.4. The average Bonchev–Trinajstić information content (AvgIpc) is 3.35. The van der Waals surface area contributed by atoms with Crippen molar-refractivity contribution >= 4 is 22.8 Å². The SMILES string of the molecule is CC(C)[C@H](NC(=O)c1cc(C2CC2)nc2ccc(F)cc12)C(=O)O. The highest BCUT2D eigenvalue weighted by atomic mass is 19.1. The maximum Gasteiger partial charge on any atom is 0.326 e. The summed E-state index contributed by atoms with van der Waals surface area (Å²) in [5.41, 5.74) is 1.62. The highest BCUT2D eigenvalue weighted by Gasteiger charge is 2.29. The average molecular weight is 330 g/mol. The maximum atomic E-state index is 13.6. The zero-order valence-electron chi connectivity index (χ0n) is 13.5. The Labute approximate surface area is 138 Å². The van der Waals surface area contributed by atoms with Gasteiger partial charge in [0.15, 0.2) is 0 Å². The molecular weight excluding hydrogens is 311 g/mol. The van der Waals surface area contributed by atoms with Crippen molar-refractivity contribution in [3.63, 3.8) is 0 Å². The molecule has 0 aliphatic heterocycles. The molecule has 6 heteroatoms. The second-order valence-electron chi connectivity index (χ2n) is 6.56. The van der Waals surface area contributed by atoms with Gasteiger partial charge in [0.1, 0.15) is 11.9 Å². The van der Waals surface area contributed by atoms with Crippen molar-refractivity contribution in [1.82, 2.24) is 10.3 Å². The van der Waals surface area contributed by atoms with Crippen molar-refractivity contribution < 1.29 is 19.1 Å². The van der Waals surface area contributed by atoms with Crippen LogP contribution in [-0.4, -0.2) is 28.0 Å². The third-order valence-electron chi connectivity index (χ3n) is 4.25. The molecule has 0 radical (unpaired) electrons. The van der Waals surface area contributed by atoms with E-state index in [1.807, 2.05) is 0 Å². The van der Waals surface area contributed by atoms with Crippen molar-refractivity contribution in [2.24, 2.45) is 5.92 Å². The molecule has 1 aliphatic rings. The monoisotopic (exact) mass is 330 g/mol. The molecule has 2 aromatic rings. The minimum Gasteiger partial charge on any atom is -0.480 e. The van der Waals surface area contributed by atoms with Crippen LogP contribution in [0.2, 0.25) is 0 Å². The van der Waals surface area contributed by atoms with Crippen LogP contribution in [0, 0.1) is 11.7 Å². The van der Waals surface area contributed by atoms with Gasteiger partial charge >= 0.3 is 5.97 Å². The Morgan fingerprint density at radius 1 is 1.29 bits per heavy atom. The first-order valence-corrected chi connectivity index (χ1v) is 8.00. The molecule has 3 rings (SSSR count). The van der Waals surface area contributed by atoms with Crippen molar-refractivity contribution in [3.05, 3.63) is 41.3 Å². The van der Waals surface area contributed by atoms with Crippen LogP contribution in [0.5, 0.6) is 0 Å². The van der Waals surface area contributed by atoms with Crippen LogP contribution in [0.1, 0.15) is 48.7 Å². The number of amides is 1. The van der Waals surface area contributed by atoms with Gasteiger partial charge in [-0.3, -0.25) is 9.78 Å². The van der Waals surface area contributed by atoms with Gasteiger partial charge in [-0.25, -0.2) is 9.18 Å². The second kappa shape index (κ2) is 6.19. The summed E-state index contributed by atoms with van der Waals surface area (Å²) in [5, 5.41) is 12.2. The Morgan fingerprint density at radius 3 is 2.58 bits per heavy atom. The number of hydrogen-bond donors (Lipinski definition) is 2. The van der Waals surface area contributed by atoms with Crippen LogP contribution >= 0.6 is 0 Å². The molecular formula is C18H19FN2O3. The number of carboxylic acid groups (broad SMARTS) is 1. The van der Waals surface area contributed by atoms with Gasteiger partial charge in [0.05, 0.1) is 11.1 Å². The van der Waals surface area contributed by atoms with E-state index in [0.29, 0.717) is 16.8 Å². The van der Waals surface area contributed by atoms with Crippen molar-refractivity contribution in [1.29, 1.82) is 0 Å². The number of hydrogen-bond acceptors (Lipinski definition) is 3. The van der Waals surface area contributed by atoms with E-state index in [1.165, 1.54) is 12.1 Å². The first-order chi connectivity index (χ1) is 11.4. The van der Waals surface area contributed by atoms with E-state index >= 15 is 0 Å². The van der Waals surface area contributed by atoms with Gasteiger partial charge in [-0.15, -0.1) is 0 Å². The van der Waals surface area contributed by atoms with Crippen LogP contribution in [0.3, 0.4) is 0 Å². The number of carboxylic acids is 1. The van der Waals surface area contributed by atoms with Crippen LogP contribution in [0.15, 0.2) is 24.3 Å². The number of aliphatic carboxylic acids is 1. The van der Waals surface area contributed by atoms with Gasteiger partial charge in [-0.05, 0) is 43.0 Å². The molecule has 2 N–H and O–H groups in total. The number of benzene rings is 1. The lowest BCUT2D eigenvalue weighted by molar-refractivity contribution is -0.140. The fourth-order valence-corrected chi connectivity index (χ4v) is 2.73. The molecule has 1 aromatic carbocycles. The Balaban J connectivity index is 2.04. The number of fused-ring (bicyclic) bond motifs is 1. The quantitative estimate of drug-likeness (QED) is 0.883. The Hall–Kier alpha value is -2.50. The Kier molecular flexibility index (Phi) is 4.22. The third kappa shape index (κ3) is 3.22. The van der Waals surface area contributed by atoms with Crippen LogP contribution in [0.25, 0.3) is 10.9 Å². The molecule has 126 valence electrons. The van der Waals surface area contributed by atoms with Crippen LogP contribution in [-0.2, 0) is 4.79 Å². The number of pyridine rings is 1. The fraction of sp³-hybridized carbons (Fsp3) is 0.389. The van der Waals surface area contributed by atoms with E-state index in [1.54, 1.807) is 26.0 Å². The van der Waals surface area contributed by atoms with E-state index in [-0.39, 0.29) is 11.5 Å². The molecule has 0 spiro atoms. The summed E-state index contributed by atoms with van der Waals surface area (Å²) in [6.07, 6.45) is 2.04. The number of nitrogens with one attached hydrogen (secondary N) is 1. The van der Waals surface area contributed by atoms with E-state index < -0.39 is 23.7 Å². The molecule has 5 nitrogen and oxygen atoms in total. The molecule has 1 atom stereocenters. The predicted octanol–water partition coefficient (Wildman–Crippen LogP) is 3.09. The molecule has 0 bridgehead atoms. The largest absolute Gasteiger partial charge is 0.480 e. The zero-order valence-corrected chi connectivity index (χ0v) is 13.5. The van der Waals surface area contributed by atoms with E-state index in [4.69, 9.17) is 0 Å². The highest BCUT2D eigenvalue weighted by Crippen LogP contribution is 2.40. The van der Waals surface area contributed by atoms with E-state index in [9.17, 15) is 19.1 Å². The predicted molar refractivity (Wildman–Crippen MR) is 87.4 cm³/mol. The third-order valence-corrected chi connectivity index (χ3v) is 4.25. The summed E-state index contributed by atoms with van der Waals surface area (Å²) >= 11 is 0. The second-order valence-corrected chi connectivity index (χ2v) is 6.56. The van der Waals surface area contributed by atoms with Crippen molar-refractivity contribution in [3.8, 4) is 0 Å². The summed E-state index contributed by atoms with van der Waals surface area (Å²) < 4.78 is 13.6. The van der Waals surface area contributed by atoms with E-state index in [2.05, 4.69) is 10.3 Å². The van der Waals surface area contributed by atoms with Gasteiger partial charge in [0, 0.05) is 17.0 Å². The van der Waals surface area contributed by atoms with Crippen molar-refractivity contribution in [2.45, 2.75) is 38.6 Å². The smallest absolute Gasteiger partial charge is 0.326 e. The Bertz CT molecular complexity index is 815. The number of nitrogens with zero attached hydrogens (tertiary/aromatic N) is 1. The first kappa shape index (κ1) is 16.4. The molecule has 1 amide bonds. The molecule has 1 aliphatic carbocycles. The molecule has 0 unspecified atom stereocenters. The molecule has 24 heavy (non-hydrogen) atoms. The lowest BCUT2D eigenvalue weighted by Gasteiger charge is -2.18. The summed E-state index contributed by atoms with van der Waals surface area (Å²) in [4.78, 5) is 28.5. The lowest BCUT2D eigenvalue weighted by Crippen LogP contribution is -2.44. The molecule has 0 saturated heterocycles. The molecule has 1 aromatic heterocycles. The fourth-order valence-electron chi connectivity index (χ4n) is 2.73. The number of halogens is 1. The molecule has 1 heterocycles. The number of aromatic nitrogens is 1. The maximum absolute atomic E-state index is 13.6. The normalized spacial score (nSPS) is 15.5. The number of rotatable bonds is 5. The van der Waals surface area contributed by atoms with Gasteiger partial charge in [0.25, 0.3) is 5.91 Å². The highest BCUT2D eigenvalue weighted by molar-refractivity contribution is 6.07. The minimum absolute atomic E-state index is 0.265. The van der Waals surface area contributed by atoms with Crippen LogP contribution in [0.4, 0.5) is 4.39 Å². The minimum atomic E-state index is -1.09. The molecule has 1 fully saturated rings. The summed E-state index contributed by atoms with van der Waals surface area (Å²) in [6.45, 7) is 3.44. The first-order valence-electron chi connectivity index (χ1n) is 8.00. The number of carbonyl (C=O) groups is 2. The summed E-state index contributed by atoms with van der Waals surface area (Å²) in [6, 6.07) is 4.78. The van der Waals surface area contributed by atoms with E-state index in [0.717, 1.165) is 18.5 Å². The van der Waals surface area contributed by atoms with Gasteiger partial charge in [-0.1, -0.05) is 13.8 Å². The van der Waals surface area contributed by atoms with Crippen LogP contribution < -0.4 is 5.32 Å².